The van der Waals surface area contributed by atoms with Crippen LogP contribution in [0.5, 0.6) is 0 Å². The molecule has 0 radical (unpaired) electrons. The third-order valence-corrected chi connectivity index (χ3v) is 4.66. The van der Waals surface area contributed by atoms with Crippen LogP contribution in [-0.2, 0) is 6.54 Å². The lowest BCUT2D eigenvalue weighted by Crippen LogP contribution is -2.11. The Morgan fingerprint density at radius 1 is 1.23 bits per heavy atom. The van der Waals surface area contributed by atoms with Crippen molar-refractivity contribution in [2.24, 2.45) is 5.73 Å². The number of benzene rings is 2. The molecule has 2 N–H and O–H groups in total. The summed E-state index contributed by atoms with van der Waals surface area (Å²) >= 11 is 6.03. The van der Waals surface area contributed by atoms with E-state index < -0.39 is 5.91 Å². The Hall–Kier alpha value is -3.10. The number of primary amides is 1. The standard InChI is InChI=1S/C20H17ClN4O/c1-12-19(16-7-8-18(21)17(9-16)10-22)13(2)25(24-12)11-14-3-5-15(6-4-14)20(23)26/h3-9H,11H2,1-2H3,(H2,23,26). The van der Waals surface area contributed by atoms with Gasteiger partial charge in [-0.1, -0.05) is 29.8 Å². The molecule has 0 aliphatic heterocycles. The van der Waals surface area contributed by atoms with E-state index in [9.17, 15) is 10.1 Å². The lowest BCUT2D eigenvalue weighted by atomic mass is 10.0. The summed E-state index contributed by atoms with van der Waals surface area (Å²) in [6.45, 7) is 4.51. The summed E-state index contributed by atoms with van der Waals surface area (Å²) in [5, 5.41) is 14.3. The number of nitrogens with zero attached hydrogens (tertiary/aromatic N) is 3. The minimum atomic E-state index is -0.444. The van der Waals surface area contributed by atoms with E-state index in [1.54, 1.807) is 24.3 Å². The van der Waals surface area contributed by atoms with Gasteiger partial charge in [-0.15, -0.1) is 0 Å². The number of rotatable bonds is 4. The van der Waals surface area contributed by atoms with Crippen LogP contribution >= 0.6 is 11.6 Å². The Labute approximate surface area is 156 Å². The van der Waals surface area contributed by atoms with Gasteiger partial charge in [-0.2, -0.15) is 10.4 Å². The van der Waals surface area contributed by atoms with Gasteiger partial charge in [0.15, 0.2) is 0 Å². The quantitative estimate of drug-likeness (QED) is 0.763. The second-order valence-corrected chi connectivity index (χ2v) is 6.48. The van der Waals surface area contributed by atoms with Crippen molar-refractivity contribution < 1.29 is 4.79 Å². The highest BCUT2D eigenvalue weighted by atomic mass is 35.5. The maximum Gasteiger partial charge on any atom is 0.248 e. The average molecular weight is 365 g/mol. The molecule has 0 spiro atoms. The van der Waals surface area contributed by atoms with E-state index in [1.165, 1.54) is 0 Å². The number of carbonyl (C=O) groups is 1. The molecule has 1 heterocycles. The van der Waals surface area contributed by atoms with Crippen LogP contribution < -0.4 is 5.73 Å². The molecule has 0 aliphatic rings. The Morgan fingerprint density at radius 3 is 2.54 bits per heavy atom. The molecule has 3 aromatic rings. The largest absolute Gasteiger partial charge is 0.366 e. The van der Waals surface area contributed by atoms with Gasteiger partial charge in [-0.3, -0.25) is 9.48 Å². The van der Waals surface area contributed by atoms with Crippen molar-refractivity contribution >= 4 is 17.5 Å². The van der Waals surface area contributed by atoms with Crippen LogP contribution in [0.4, 0.5) is 0 Å². The highest BCUT2D eigenvalue weighted by Crippen LogP contribution is 2.30. The first-order chi connectivity index (χ1) is 12.4. The number of nitriles is 1. The van der Waals surface area contributed by atoms with Gasteiger partial charge in [0.2, 0.25) is 5.91 Å². The van der Waals surface area contributed by atoms with Crippen molar-refractivity contribution in [1.29, 1.82) is 5.26 Å². The molecular weight excluding hydrogens is 348 g/mol. The highest BCUT2D eigenvalue weighted by Gasteiger charge is 2.15. The number of hydrogen-bond donors (Lipinski definition) is 1. The van der Waals surface area contributed by atoms with E-state index in [1.807, 2.05) is 36.7 Å². The van der Waals surface area contributed by atoms with Gasteiger partial charge in [0.05, 0.1) is 22.8 Å². The number of carbonyl (C=O) groups excluding carboxylic acids is 1. The van der Waals surface area contributed by atoms with Gasteiger partial charge in [0.1, 0.15) is 6.07 Å². The van der Waals surface area contributed by atoms with Gasteiger partial charge in [0, 0.05) is 16.8 Å². The zero-order chi connectivity index (χ0) is 18.8. The van der Waals surface area contributed by atoms with E-state index in [4.69, 9.17) is 17.3 Å². The maximum atomic E-state index is 11.2. The van der Waals surface area contributed by atoms with Crippen LogP contribution in [0.25, 0.3) is 11.1 Å². The summed E-state index contributed by atoms with van der Waals surface area (Å²) in [6.07, 6.45) is 0. The summed E-state index contributed by atoms with van der Waals surface area (Å²) in [5.74, 6) is -0.444. The van der Waals surface area contributed by atoms with Crippen molar-refractivity contribution in [3.8, 4) is 17.2 Å². The predicted molar refractivity (Wildman–Crippen MR) is 101 cm³/mol. The lowest BCUT2D eigenvalue weighted by molar-refractivity contribution is 0.100. The zero-order valence-electron chi connectivity index (χ0n) is 14.5. The van der Waals surface area contributed by atoms with E-state index >= 15 is 0 Å². The van der Waals surface area contributed by atoms with Crippen molar-refractivity contribution in [3.05, 3.63) is 75.6 Å². The first-order valence-corrected chi connectivity index (χ1v) is 8.41. The molecule has 0 aliphatic carbocycles. The number of aryl methyl sites for hydroxylation is 1. The Kier molecular flexibility index (Phi) is 4.79. The maximum absolute atomic E-state index is 11.2. The van der Waals surface area contributed by atoms with Gasteiger partial charge < -0.3 is 5.73 Å². The highest BCUT2D eigenvalue weighted by molar-refractivity contribution is 6.31. The fourth-order valence-corrected chi connectivity index (χ4v) is 3.14. The smallest absolute Gasteiger partial charge is 0.248 e. The van der Waals surface area contributed by atoms with Crippen molar-refractivity contribution in [1.82, 2.24) is 9.78 Å². The van der Waals surface area contributed by atoms with E-state index in [0.29, 0.717) is 22.7 Å². The molecule has 26 heavy (non-hydrogen) atoms. The normalized spacial score (nSPS) is 10.5. The van der Waals surface area contributed by atoms with E-state index in [0.717, 1.165) is 28.1 Å². The molecule has 0 saturated carbocycles. The average Bonchev–Trinajstić information content (AvgIpc) is 2.89. The number of hydrogen-bond acceptors (Lipinski definition) is 3. The first-order valence-electron chi connectivity index (χ1n) is 8.03. The number of aromatic nitrogens is 2. The molecule has 1 aromatic heterocycles. The van der Waals surface area contributed by atoms with E-state index in [-0.39, 0.29) is 0 Å². The first kappa shape index (κ1) is 17.7. The topological polar surface area (TPSA) is 84.7 Å². The Morgan fingerprint density at radius 2 is 1.92 bits per heavy atom. The summed E-state index contributed by atoms with van der Waals surface area (Å²) in [6, 6.07) is 14.7. The van der Waals surface area contributed by atoms with Gasteiger partial charge in [-0.05, 0) is 49.2 Å². The Balaban J connectivity index is 1.96. The molecular formula is C20H17ClN4O. The third-order valence-electron chi connectivity index (χ3n) is 4.33. The van der Waals surface area contributed by atoms with Crippen LogP contribution in [0, 0.1) is 25.2 Å². The molecule has 5 nitrogen and oxygen atoms in total. The molecule has 130 valence electrons. The predicted octanol–water partition coefficient (Wildman–Crippen LogP) is 3.84. The summed E-state index contributed by atoms with van der Waals surface area (Å²) in [7, 11) is 0. The van der Waals surface area contributed by atoms with Crippen molar-refractivity contribution in [2.75, 3.05) is 0 Å². The molecule has 0 bridgehead atoms. The fraction of sp³-hybridized carbons (Fsp3) is 0.150. The van der Waals surface area contributed by atoms with Crippen LogP contribution in [0.3, 0.4) is 0 Å². The molecule has 0 unspecified atom stereocenters. The summed E-state index contributed by atoms with van der Waals surface area (Å²) < 4.78 is 1.91. The van der Waals surface area contributed by atoms with Crippen LogP contribution in [-0.4, -0.2) is 15.7 Å². The minimum Gasteiger partial charge on any atom is -0.366 e. The third kappa shape index (κ3) is 3.32. The summed E-state index contributed by atoms with van der Waals surface area (Å²) in [5.41, 5.74) is 11.0. The molecule has 3 rings (SSSR count). The van der Waals surface area contributed by atoms with Crippen molar-refractivity contribution in [3.63, 3.8) is 0 Å². The van der Waals surface area contributed by atoms with Crippen molar-refractivity contribution in [2.45, 2.75) is 20.4 Å². The number of nitrogens with two attached hydrogens (primary N) is 1. The minimum absolute atomic E-state index is 0.438. The summed E-state index contributed by atoms with van der Waals surface area (Å²) in [4.78, 5) is 11.2. The zero-order valence-corrected chi connectivity index (χ0v) is 15.2. The number of amides is 1. The molecule has 2 aromatic carbocycles. The lowest BCUT2D eigenvalue weighted by Gasteiger charge is -2.07. The van der Waals surface area contributed by atoms with E-state index in [2.05, 4.69) is 11.2 Å². The molecule has 0 fully saturated rings. The van der Waals surface area contributed by atoms with Crippen LogP contribution in [0.2, 0.25) is 5.02 Å². The van der Waals surface area contributed by atoms with Gasteiger partial charge in [-0.25, -0.2) is 0 Å². The molecule has 1 amide bonds. The SMILES string of the molecule is Cc1nn(Cc2ccc(C(N)=O)cc2)c(C)c1-c1ccc(Cl)c(C#N)c1. The second-order valence-electron chi connectivity index (χ2n) is 6.07. The second kappa shape index (κ2) is 7.03. The molecule has 6 heteroatoms. The van der Waals surface area contributed by atoms with Gasteiger partial charge >= 0.3 is 0 Å². The monoisotopic (exact) mass is 364 g/mol. The molecule has 0 saturated heterocycles. The fourth-order valence-electron chi connectivity index (χ4n) is 2.98. The Bertz CT molecular complexity index is 1030. The number of halogens is 1. The van der Waals surface area contributed by atoms with Gasteiger partial charge in [0.25, 0.3) is 0 Å². The molecule has 0 atom stereocenters. The van der Waals surface area contributed by atoms with Crippen LogP contribution in [0.15, 0.2) is 42.5 Å². The van der Waals surface area contributed by atoms with Crippen LogP contribution in [0.1, 0.15) is 32.9 Å².